The van der Waals surface area contributed by atoms with Gasteiger partial charge in [-0.2, -0.15) is 0 Å². The van der Waals surface area contributed by atoms with Crippen molar-refractivity contribution in [2.24, 2.45) is 0 Å². The SMILES string of the molecule is CSc1ccc(CNC2CCC(Nc3cc(N(C)C)c4ccccc4n3)CC2)cc1. The third-order valence-electron chi connectivity index (χ3n) is 6.01. The van der Waals surface area contributed by atoms with Gasteiger partial charge < -0.3 is 15.5 Å². The van der Waals surface area contributed by atoms with Crippen LogP contribution >= 0.6 is 11.8 Å². The van der Waals surface area contributed by atoms with Crippen molar-refractivity contribution >= 4 is 34.2 Å². The van der Waals surface area contributed by atoms with Gasteiger partial charge in [-0.05, 0) is 55.7 Å². The van der Waals surface area contributed by atoms with Gasteiger partial charge >= 0.3 is 0 Å². The van der Waals surface area contributed by atoms with Gasteiger partial charge in [-0.15, -0.1) is 11.8 Å². The van der Waals surface area contributed by atoms with Crippen LogP contribution in [0.4, 0.5) is 11.5 Å². The van der Waals surface area contributed by atoms with Crippen LogP contribution in [0.15, 0.2) is 59.5 Å². The van der Waals surface area contributed by atoms with Gasteiger partial charge in [0.2, 0.25) is 0 Å². The minimum Gasteiger partial charge on any atom is -0.377 e. The number of hydrogen-bond donors (Lipinski definition) is 2. The van der Waals surface area contributed by atoms with E-state index >= 15 is 0 Å². The molecule has 30 heavy (non-hydrogen) atoms. The second kappa shape index (κ2) is 9.71. The monoisotopic (exact) mass is 420 g/mol. The molecule has 4 rings (SSSR count). The third-order valence-corrected chi connectivity index (χ3v) is 6.75. The number of thioether (sulfide) groups is 1. The van der Waals surface area contributed by atoms with Crippen LogP contribution in [0.3, 0.4) is 0 Å². The van der Waals surface area contributed by atoms with Crippen LogP contribution in [0.25, 0.3) is 10.9 Å². The molecule has 2 aromatic carbocycles. The Bertz CT molecular complexity index is 963. The quantitative estimate of drug-likeness (QED) is 0.492. The fourth-order valence-electron chi connectivity index (χ4n) is 4.26. The molecule has 1 fully saturated rings. The van der Waals surface area contributed by atoms with Crippen LogP contribution in [0.1, 0.15) is 31.2 Å². The van der Waals surface area contributed by atoms with Gasteiger partial charge in [0.25, 0.3) is 0 Å². The number of anilines is 2. The van der Waals surface area contributed by atoms with Crippen molar-refractivity contribution in [3.8, 4) is 0 Å². The Hall–Kier alpha value is -2.24. The Morgan fingerprint density at radius 1 is 0.967 bits per heavy atom. The molecule has 0 radical (unpaired) electrons. The van der Waals surface area contributed by atoms with E-state index in [2.05, 4.69) is 90.5 Å². The van der Waals surface area contributed by atoms with Gasteiger partial charge in [0.1, 0.15) is 5.82 Å². The number of hydrogen-bond acceptors (Lipinski definition) is 5. The maximum Gasteiger partial charge on any atom is 0.128 e. The van der Waals surface area contributed by atoms with Crippen LogP contribution in [0, 0.1) is 0 Å². The van der Waals surface area contributed by atoms with Crippen LogP contribution < -0.4 is 15.5 Å². The van der Waals surface area contributed by atoms with Crippen LogP contribution in [0.5, 0.6) is 0 Å². The smallest absolute Gasteiger partial charge is 0.128 e. The molecule has 1 saturated carbocycles. The fourth-order valence-corrected chi connectivity index (χ4v) is 4.67. The molecule has 2 N–H and O–H groups in total. The van der Waals surface area contributed by atoms with E-state index in [1.807, 2.05) is 0 Å². The fraction of sp³-hybridized carbons (Fsp3) is 0.400. The molecule has 1 aliphatic carbocycles. The number of pyridine rings is 1. The summed E-state index contributed by atoms with van der Waals surface area (Å²) in [5, 5.41) is 8.66. The highest BCUT2D eigenvalue weighted by Gasteiger charge is 2.21. The lowest BCUT2D eigenvalue weighted by atomic mass is 9.91. The summed E-state index contributed by atoms with van der Waals surface area (Å²) in [5.74, 6) is 0.989. The first-order valence-corrected chi connectivity index (χ1v) is 12.0. The molecule has 1 aromatic heterocycles. The van der Waals surface area contributed by atoms with Crippen LogP contribution in [0.2, 0.25) is 0 Å². The second-order valence-electron chi connectivity index (χ2n) is 8.36. The van der Waals surface area contributed by atoms with Crippen molar-refractivity contribution in [3.05, 3.63) is 60.2 Å². The first kappa shape index (κ1) is 21.0. The van der Waals surface area contributed by atoms with Crippen molar-refractivity contribution in [1.29, 1.82) is 0 Å². The molecule has 0 aliphatic heterocycles. The van der Waals surface area contributed by atoms with E-state index in [-0.39, 0.29) is 0 Å². The highest BCUT2D eigenvalue weighted by Crippen LogP contribution is 2.29. The summed E-state index contributed by atoms with van der Waals surface area (Å²) >= 11 is 1.79. The van der Waals surface area contributed by atoms with Crippen LogP contribution in [-0.2, 0) is 6.54 Å². The minimum atomic E-state index is 0.493. The molecule has 3 aromatic rings. The summed E-state index contributed by atoms with van der Waals surface area (Å²) in [5.41, 5.74) is 3.63. The lowest BCUT2D eigenvalue weighted by Crippen LogP contribution is -2.36. The lowest BCUT2D eigenvalue weighted by Gasteiger charge is -2.30. The summed E-state index contributed by atoms with van der Waals surface area (Å²) in [4.78, 5) is 8.36. The van der Waals surface area contributed by atoms with E-state index in [1.54, 1.807) is 11.8 Å². The third kappa shape index (κ3) is 5.08. The number of nitrogens with one attached hydrogen (secondary N) is 2. The number of fused-ring (bicyclic) bond motifs is 1. The number of nitrogens with zero attached hydrogens (tertiary/aromatic N) is 2. The van der Waals surface area contributed by atoms with Crippen molar-refractivity contribution in [2.75, 3.05) is 30.6 Å². The van der Waals surface area contributed by atoms with Crippen LogP contribution in [-0.4, -0.2) is 37.4 Å². The zero-order chi connectivity index (χ0) is 20.9. The molecular formula is C25H32N4S. The second-order valence-corrected chi connectivity index (χ2v) is 9.24. The molecular weight excluding hydrogens is 388 g/mol. The molecule has 1 aliphatic rings. The molecule has 0 saturated heterocycles. The molecule has 1 heterocycles. The molecule has 158 valence electrons. The minimum absolute atomic E-state index is 0.493. The molecule has 0 unspecified atom stereocenters. The summed E-state index contributed by atoms with van der Waals surface area (Å²) < 4.78 is 0. The maximum absolute atomic E-state index is 4.87. The lowest BCUT2D eigenvalue weighted by molar-refractivity contribution is 0.352. The maximum atomic E-state index is 4.87. The van der Waals surface area contributed by atoms with E-state index in [4.69, 9.17) is 4.98 Å². The first-order valence-electron chi connectivity index (χ1n) is 10.8. The largest absolute Gasteiger partial charge is 0.377 e. The van der Waals surface area contributed by atoms with E-state index in [9.17, 15) is 0 Å². The van der Waals surface area contributed by atoms with E-state index in [1.165, 1.54) is 47.2 Å². The summed E-state index contributed by atoms with van der Waals surface area (Å²) in [6, 6.07) is 20.6. The average molecular weight is 421 g/mol. The Balaban J connectivity index is 1.32. The molecule has 4 nitrogen and oxygen atoms in total. The molecule has 0 amide bonds. The summed E-state index contributed by atoms with van der Waals surface area (Å²) in [6.45, 7) is 0.954. The standard InChI is InChI=1S/C25H32N4S/c1-29(2)24-16-25(28-23-7-5-4-6-22(23)24)27-20-12-10-19(11-13-20)26-17-18-8-14-21(30-3)15-9-18/h4-9,14-16,19-20,26H,10-13,17H2,1-3H3,(H,27,28). The Morgan fingerprint density at radius 3 is 2.37 bits per heavy atom. The predicted octanol–water partition coefficient (Wildman–Crippen LogP) is 5.54. The Morgan fingerprint density at radius 2 is 1.67 bits per heavy atom. The molecule has 5 heteroatoms. The molecule has 0 atom stereocenters. The van der Waals surface area contributed by atoms with E-state index in [0.29, 0.717) is 12.1 Å². The van der Waals surface area contributed by atoms with E-state index < -0.39 is 0 Å². The van der Waals surface area contributed by atoms with Gasteiger partial charge in [0.15, 0.2) is 0 Å². The normalized spacial score (nSPS) is 19.0. The molecule has 0 spiro atoms. The highest BCUT2D eigenvalue weighted by atomic mass is 32.2. The zero-order valence-corrected chi connectivity index (χ0v) is 19.0. The number of rotatable bonds is 7. The molecule has 0 bridgehead atoms. The summed E-state index contributed by atoms with van der Waals surface area (Å²) in [6.07, 6.45) is 6.88. The Kier molecular flexibility index (Phi) is 6.80. The van der Waals surface area contributed by atoms with Crippen molar-refractivity contribution < 1.29 is 0 Å². The number of benzene rings is 2. The topological polar surface area (TPSA) is 40.2 Å². The van der Waals surface area contributed by atoms with Crippen molar-refractivity contribution in [1.82, 2.24) is 10.3 Å². The Labute approximate surface area is 184 Å². The van der Waals surface area contributed by atoms with Gasteiger partial charge in [-0.1, -0.05) is 30.3 Å². The van der Waals surface area contributed by atoms with Crippen molar-refractivity contribution in [2.45, 2.75) is 49.2 Å². The van der Waals surface area contributed by atoms with Crippen molar-refractivity contribution in [3.63, 3.8) is 0 Å². The number of para-hydroxylation sites is 1. The summed E-state index contributed by atoms with van der Waals surface area (Å²) in [7, 11) is 4.19. The highest BCUT2D eigenvalue weighted by molar-refractivity contribution is 7.98. The predicted molar refractivity (Wildman–Crippen MR) is 131 cm³/mol. The van der Waals surface area contributed by atoms with Gasteiger partial charge in [0.05, 0.1) is 5.52 Å². The average Bonchev–Trinajstić information content (AvgIpc) is 2.78. The van der Waals surface area contributed by atoms with Gasteiger partial charge in [-0.3, -0.25) is 0 Å². The van der Waals surface area contributed by atoms with E-state index in [0.717, 1.165) is 17.9 Å². The first-order chi connectivity index (χ1) is 14.6. The van der Waals surface area contributed by atoms with Gasteiger partial charge in [0, 0.05) is 54.8 Å². The van der Waals surface area contributed by atoms with Gasteiger partial charge in [-0.25, -0.2) is 4.98 Å². The number of aromatic nitrogens is 1. The zero-order valence-electron chi connectivity index (χ0n) is 18.2.